The van der Waals surface area contributed by atoms with Gasteiger partial charge in [-0.2, -0.15) is 5.10 Å². The molecule has 0 saturated heterocycles. The van der Waals surface area contributed by atoms with Crippen molar-refractivity contribution in [1.29, 1.82) is 0 Å². The number of carboxylic acid groups (broad SMARTS) is 1. The minimum absolute atomic E-state index is 0.0518. The van der Waals surface area contributed by atoms with Gasteiger partial charge in [0.05, 0.1) is 19.0 Å². The van der Waals surface area contributed by atoms with E-state index >= 15 is 0 Å². The first-order chi connectivity index (χ1) is 11.5. The third kappa shape index (κ3) is 3.73. The van der Waals surface area contributed by atoms with Crippen LogP contribution in [0.25, 0.3) is 5.69 Å². The number of hydrogen-bond acceptors (Lipinski definition) is 4. The number of nitrogens with zero attached hydrogens (tertiary/aromatic N) is 2. The Kier molecular flexibility index (Phi) is 5.57. The van der Waals surface area contributed by atoms with E-state index in [1.807, 2.05) is 37.3 Å². The van der Waals surface area contributed by atoms with Gasteiger partial charge in [-0.3, -0.25) is 4.79 Å². The number of carbonyl (C=O) groups is 2. The molecule has 0 aliphatic rings. The van der Waals surface area contributed by atoms with Gasteiger partial charge < -0.3 is 15.2 Å². The van der Waals surface area contributed by atoms with E-state index in [2.05, 4.69) is 10.4 Å². The summed E-state index contributed by atoms with van der Waals surface area (Å²) in [4.78, 5) is 23.9. The molecule has 0 aliphatic carbocycles. The molecule has 0 bridgehead atoms. The number of rotatable bonds is 7. The molecule has 7 heteroatoms. The Hall–Kier alpha value is -2.83. The fourth-order valence-corrected chi connectivity index (χ4v) is 2.27. The smallest absolute Gasteiger partial charge is 0.326 e. The second kappa shape index (κ2) is 7.63. The Morgan fingerprint density at radius 2 is 2.00 bits per heavy atom. The third-order valence-corrected chi connectivity index (χ3v) is 3.90. The summed E-state index contributed by atoms with van der Waals surface area (Å²) in [6.07, 6.45) is 2.22. The van der Waals surface area contributed by atoms with E-state index in [1.54, 1.807) is 13.1 Å². The van der Waals surface area contributed by atoms with Gasteiger partial charge in [-0.15, -0.1) is 0 Å². The van der Waals surface area contributed by atoms with Gasteiger partial charge in [0.15, 0.2) is 11.4 Å². The maximum absolute atomic E-state index is 12.5. The first-order valence-corrected chi connectivity index (χ1v) is 7.70. The summed E-state index contributed by atoms with van der Waals surface area (Å²) in [6, 6.07) is 8.29. The molecule has 0 spiro atoms. The van der Waals surface area contributed by atoms with Crippen molar-refractivity contribution < 1.29 is 19.4 Å². The van der Waals surface area contributed by atoms with Crippen LogP contribution in [-0.2, 0) is 4.79 Å². The van der Waals surface area contributed by atoms with Crippen LogP contribution in [0.2, 0.25) is 0 Å². The standard InChI is InChI=1S/C17H21N3O4/c1-4-11(2)14(17(22)23)18-16(21)15-13(24-3)10-20(19-15)12-8-6-5-7-9-12/h5-11,14H,4H2,1-3H3,(H,18,21)(H,22,23)/t11-,14-/m0/s1. The Morgan fingerprint density at radius 3 is 2.54 bits per heavy atom. The average Bonchev–Trinajstić information content (AvgIpc) is 3.03. The van der Waals surface area contributed by atoms with Gasteiger partial charge in [-0.1, -0.05) is 38.5 Å². The van der Waals surface area contributed by atoms with Crippen molar-refractivity contribution in [1.82, 2.24) is 15.1 Å². The highest BCUT2D eigenvalue weighted by Crippen LogP contribution is 2.20. The predicted molar refractivity (Wildman–Crippen MR) is 88.5 cm³/mol. The molecule has 1 amide bonds. The molecule has 0 aliphatic heterocycles. The lowest BCUT2D eigenvalue weighted by Crippen LogP contribution is -2.45. The van der Waals surface area contributed by atoms with E-state index in [-0.39, 0.29) is 17.4 Å². The first kappa shape index (κ1) is 17.5. The molecule has 0 radical (unpaired) electrons. The fourth-order valence-electron chi connectivity index (χ4n) is 2.27. The lowest BCUT2D eigenvalue weighted by atomic mass is 9.99. The van der Waals surface area contributed by atoms with Gasteiger partial charge in [0.25, 0.3) is 5.91 Å². The molecular weight excluding hydrogens is 310 g/mol. The van der Waals surface area contributed by atoms with Crippen LogP contribution >= 0.6 is 0 Å². The van der Waals surface area contributed by atoms with Gasteiger partial charge in [0.2, 0.25) is 0 Å². The van der Waals surface area contributed by atoms with Crippen molar-refractivity contribution in [2.45, 2.75) is 26.3 Å². The lowest BCUT2D eigenvalue weighted by molar-refractivity contribution is -0.140. The van der Waals surface area contributed by atoms with Crippen molar-refractivity contribution in [3.8, 4) is 11.4 Å². The Bertz CT molecular complexity index is 712. The highest BCUT2D eigenvalue weighted by Gasteiger charge is 2.28. The van der Waals surface area contributed by atoms with Crippen LogP contribution in [0.15, 0.2) is 36.5 Å². The van der Waals surface area contributed by atoms with Crippen LogP contribution in [0.4, 0.5) is 0 Å². The average molecular weight is 331 g/mol. The Balaban J connectivity index is 2.29. The van der Waals surface area contributed by atoms with Gasteiger partial charge in [0.1, 0.15) is 6.04 Å². The number of aromatic nitrogens is 2. The van der Waals surface area contributed by atoms with E-state index in [0.29, 0.717) is 6.42 Å². The molecule has 2 N–H and O–H groups in total. The molecule has 2 rings (SSSR count). The van der Waals surface area contributed by atoms with Crippen LogP contribution in [-0.4, -0.2) is 39.9 Å². The van der Waals surface area contributed by atoms with Crippen LogP contribution < -0.4 is 10.1 Å². The molecule has 0 unspecified atom stereocenters. The molecule has 2 aromatic rings. The summed E-state index contributed by atoms with van der Waals surface area (Å²) in [5, 5.41) is 16.1. The van der Waals surface area contributed by atoms with Crippen molar-refractivity contribution in [2.24, 2.45) is 5.92 Å². The molecule has 1 heterocycles. The second-order valence-electron chi connectivity index (χ2n) is 5.50. The largest absolute Gasteiger partial charge is 0.493 e. The highest BCUT2D eigenvalue weighted by atomic mass is 16.5. The topological polar surface area (TPSA) is 93.5 Å². The Labute approximate surface area is 140 Å². The van der Waals surface area contributed by atoms with E-state index in [0.717, 1.165) is 5.69 Å². The van der Waals surface area contributed by atoms with Gasteiger partial charge >= 0.3 is 5.97 Å². The summed E-state index contributed by atoms with van der Waals surface area (Å²) in [5.41, 5.74) is 0.822. The Morgan fingerprint density at radius 1 is 1.33 bits per heavy atom. The summed E-state index contributed by atoms with van der Waals surface area (Å²) >= 11 is 0. The van der Waals surface area contributed by atoms with Crippen LogP contribution in [0.3, 0.4) is 0 Å². The molecule has 0 fully saturated rings. The minimum Gasteiger partial charge on any atom is -0.493 e. The minimum atomic E-state index is -1.07. The number of hydrogen-bond donors (Lipinski definition) is 2. The number of benzene rings is 1. The SMILES string of the molecule is CC[C@H](C)[C@H](NC(=O)c1nn(-c2ccccc2)cc1OC)C(=O)O. The highest BCUT2D eigenvalue weighted by molar-refractivity contribution is 5.97. The molecule has 7 nitrogen and oxygen atoms in total. The molecule has 24 heavy (non-hydrogen) atoms. The molecular formula is C17H21N3O4. The number of aliphatic carboxylic acids is 1. The lowest BCUT2D eigenvalue weighted by Gasteiger charge is -2.19. The van der Waals surface area contributed by atoms with Crippen molar-refractivity contribution in [3.63, 3.8) is 0 Å². The van der Waals surface area contributed by atoms with Crippen LogP contribution in [0, 0.1) is 5.92 Å². The van der Waals surface area contributed by atoms with Gasteiger partial charge in [-0.25, -0.2) is 9.48 Å². The number of methoxy groups -OCH3 is 1. The second-order valence-corrected chi connectivity index (χ2v) is 5.50. The van der Waals surface area contributed by atoms with Crippen molar-refractivity contribution in [3.05, 3.63) is 42.2 Å². The summed E-state index contributed by atoms with van der Waals surface area (Å²) in [7, 11) is 1.44. The summed E-state index contributed by atoms with van der Waals surface area (Å²) in [6.45, 7) is 3.65. The van der Waals surface area contributed by atoms with Gasteiger partial charge in [0, 0.05) is 0 Å². The van der Waals surface area contributed by atoms with E-state index in [4.69, 9.17) is 4.74 Å². The molecule has 1 aromatic carbocycles. The maximum atomic E-state index is 12.5. The van der Waals surface area contributed by atoms with Crippen LogP contribution in [0.5, 0.6) is 5.75 Å². The van der Waals surface area contributed by atoms with E-state index in [1.165, 1.54) is 11.8 Å². The normalized spacial score (nSPS) is 13.1. The molecule has 1 aromatic heterocycles. The first-order valence-electron chi connectivity index (χ1n) is 7.70. The van der Waals surface area contributed by atoms with Crippen molar-refractivity contribution >= 4 is 11.9 Å². The zero-order valence-electron chi connectivity index (χ0n) is 13.9. The number of ether oxygens (including phenoxy) is 1. The van der Waals surface area contributed by atoms with Gasteiger partial charge in [-0.05, 0) is 18.1 Å². The number of carbonyl (C=O) groups excluding carboxylic acids is 1. The zero-order chi connectivity index (χ0) is 17.7. The quantitative estimate of drug-likeness (QED) is 0.810. The molecule has 0 saturated carbocycles. The monoisotopic (exact) mass is 331 g/mol. The molecule has 128 valence electrons. The van der Waals surface area contributed by atoms with Crippen LogP contribution in [0.1, 0.15) is 30.8 Å². The number of nitrogens with one attached hydrogen (secondary N) is 1. The number of carboxylic acids is 1. The number of amides is 1. The number of para-hydroxylation sites is 1. The third-order valence-electron chi connectivity index (χ3n) is 3.90. The summed E-state index contributed by atoms with van der Waals surface area (Å²) < 4.78 is 6.73. The van der Waals surface area contributed by atoms with Crippen molar-refractivity contribution in [2.75, 3.05) is 7.11 Å². The van der Waals surface area contributed by atoms with E-state index in [9.17, 15) is 14.7 Å². The predicted octanol–water partition coefficient (Wildman–Crippen LogP) is 2.11. The maximum Gasteiger partial charge on any atom is 0.326 e. The fraction of sp³-hybridized carbons (Fsp3) is 0.353. The summed E-state index contributed by atoms with van der Waals surface area (Å²) in [5.74, 6) is -1.56. The molecule has 2 atom stereocenters. The van der Waals surface area contributed by atoms with E-state index < -0.39 is 17.9 Å². The zero-order valence-corrected chi connectivity index (χ0v) is 13.9.